The van der Waals surface area contributed by atoms with E-state index in [0.29, 0.717) is 11.0 Å². The van der Waals surface area contributed by atoms with Crippen LogP contribution in [0.1, 0.15) is 0 Å². The average Bonchev–Trinajstić information content (AvgIpc) is 2.48. The van der Waals surface area contributed by atoms with Crippen LogP contribution in [0.15, 0.2) is 6.07 Å². The number of nitro benzene ring substituents is 1. The molecule has 2 rings (SSSR count). The Morgan fingerprint density at radius 2 is 2.46 bits per heavy atom. The number of rotatable bonds is 1. The summed E-state index contributed by atoms with van der Waals surface area (Å²) >= 11 is 5.61. The number of nitro groups is 1. The van der Waals surface area contributed by atoms with Crippen LogP contribution in [0.2, 0.25) is 5.02 Å². The van der Waals surface area contributed by atoms with Crippen LogP contribution in [0.4, 0.5) is 5.69 Å². The van der Waals surface area contributed by atoms with Gasteiger partial charge in [0.15, 0.2) is 0 Å². The fraction of sp³-hybridized carbons (Fsp3) is 0. The molecule has 0 amide bonds. The Kier molecular flexibility index (Phi) is 1.63. The Labute approximate surface area is 76.7 Å². The van der Waals surface area contributed by atoms with E-state index < -0.39 is 4.92 Å². The fourth-order valence-electron chi connectivity index (χ4n) is 0.928. The third-order valence-electron chi connectivity index (χ3n) is 1.49. The van der Waals surface area contributed by atoms with Crippen molar-refractivity contribution in [3.8, 4) is 0 Å². The summed E-state index contributed by atoms with van der Waals surface area (Å²) in [5.41, 5.74) is 0.537. The minimum atomic E-state index is -0.615. The summed E-state index contributed by atoms with van der Waals surface area (Å²) < 4.78 is 0. The van der Waals surface area contributed by atoms with E-state index in [9.17, 15) is 10.1 Å². The van der Waals surface area contributed by atoms with Crippen LogP contribution in [-0.4, -0.2) is 20.3 Å². The number of hydrogen-bond acceptors (Lipinski definition) is 4. The van der Waals surface area contributed by atoms with Crippen molar-refractivity contribution in [2.75, 3.05) is 0 Å². The maximum Gasteiger partial charge on any atom is 0.298 e. The topological polar surface area (TPSA) is 84.7 Å². The lowest BCUT2D eigenvalue weighted by Crippen LogP contribution is -1.89. The van der Waals surface area contributed by atoms with Gasteiger partial charge in [0.05, 0.1) is 10.4 Å². The molecule has 0 bridgehead atoms. The molecular formula is C6H2ClN4O2. The van der Waals surface area contributed by atoms with Crippen LogP contribution in [0.5, 0.6) is 0 Å². The predicted molar refractivity (Wildman–Crippen MR) is 44.4 cm³/mol. The van der Waals surface area contributed by atoms with E-state index >= 15 is 0 Å². The number of nitrogens with zero attached hydrogens (tertiary/aromatic N) is 3. The van der Waals surface area contributed by atoms with Crippen molar-refractivity contribution in [3.63, 3.8) is 0 Å². The van der Waals surface area contributed by atoms with Gasteiger partial charge in [-0.1, -0.05) is 16.8 Å². The number of aromatic amines is 1. The second-order valence-electron chi connectivity index (χ2n) is 2.30. The molecule has 7 heteroatoms. The smallest absolute Gasteiger partial charge is 0.258 e. The summed E-state index contributed by atoms with van der Waals surface area (Å²) in [6.07, 6.45) is 0. The maximum absolute atomic E-state index is 10.4. The molecule has 0 aliphatic heterocycles. The molecule has 0 aliphatic carbocycles. The van der Waals surface area contributed by atoms with Crippen molar-refractivity contribution in [1.82, 2.24) is 15.4 Å². The zero-order valence-electron chi connectivity index (χ0n) is 6.11. The number of aromatic nitrogens is 3. The van der Waals surface area contributed by atoms with Crippen molar-refractivity contribution >= 4 is 28.3 Å². The summed E-state index contributed by atoms with van der Waals surface area (Å²) in [6.45, 7) is 0. The van der Waals surface area contributed by atoms with Gasteiger partial charge >= 0.3 is 0 Å². The first-order valence-corrected chi connectivity index (χ1v) is 3.63. The van der Waals surface area contributed by atoms with Gasteiger partial charge in [0.25, 0.3) is 5.69 Å². The molecule has 1 radical (unpaired) electrons. The van der Waals surface area contributed by atoms with E-state index in [4.69, 9.17) is 11.6 Å². The van der Waals surface area contributed by atoms with E-state index in [1.54, 1.807) is 0 Å². The van der Waals surface area contributed by atoms with Gasteiger partial charge in [0.1, 0.15) is 16.6 Å². The number of fused-ring (bicyclic) bond motifs is 1. The summed E-state index contributed by atoms with van der Waals surface area (Å²) in [6, 6.07) is 3.83. The quantitative estimate of drug-likeness (QED) is 0.552. The van der Waals surface area contributed by atoms with E-state index in [2.05, 4.69) is 21.5 Å². The molecule has 65 valence electrons. The van der Waals surface area contributed by atoms with Crippen LogP contribution >= 0.6 is 11.6 Å². The Bertz CT molecular complexity index is 480. The molecule has 1 heterocycles. The lowest BCUT2D eigenvalue weighted by atomic mass is 10.3. The first-order chi connectivity index (χ1) is 6.18. The molecule has 0 saturated heterocycles. The lowest BCUT2D eigenvalue weighted by Gasteiger charge is -1.92. The molecule has 6 nitrogen and oxygen atoms in total. The molecule has 0 saturated carbocycles. The maximum atomic E-state index is 10.4. The van der Waals surface area contributed by atoms with Gasteiger partial charge in [-0.3, -0.25) is 15.2 Å². The van der Waals surface area contributed by atoms with Gasteiger partial charge < -0.3 is 0 Å². The normalized spacial score (nSPS) is 10.5. The van der Waals surface area contributed by atoms with Crippen LogP contribution in [0.3, 0.4) is 0 Å². The van der Waals surface area contributed by atoms with E-state index in [1.807, 2.05) is 0 Å². The third-order valence-corrected chi connectivity index (χ3v) is 1.78. The third kappa shape index (κ3) is 1.20. The number of hydrogen-bond donors (Lipinski definition) is 1. The molecule has 13 heavy (non-hydrogen) atoms. The van der Waals surface area contributed by atoms with Crippen LogP contribution in [0.25, 0.3) is 11.0 Å². The molecule has 1 aromatic heterocycles. The van der Waals surface area contributed by atoms with Crippen molar-refractivity contribution in [3.05, 3.63) is 27.3 Å². The van der Waals surface area contributed by atoms with Gasteiger partial charge in [-0.15, -0.1) is 5.10 Å². The first kappa shape index (κ1) is 7.93. The predicted octanol–water partition coefficient (Wildman–Crippen LogP) is 1.32. The highest BCUT2D eigenvalue weighted by atomic mass is 35.5. The summed E-state index contributed by atoms with van der Waals surface area (Å²) in [7, 11) is 0. The monoisotopic (exact) mass is 197 g/mol. The van der Waals surface area contributed by atoms with Crippen molar-refractivity contribution in [1.29, 1.82) is 0 Å². The Morgan fingerprint density at radius 3 is 3.15 bits per heavy atom. The van der Waals surface area contributed by atoms with Gasteiger partial charge in [0, 0.05) is 0 Å². The zero-order chi connectivity index (χ0) is 9.42. The molecule has 0 spiro atoms. The van der Waals surface area contributed by atoms with Crippen molar-refractivity contribution < 1.29 is 4.92 Å². The number of benzene rings is 1. The summed E-state index contributed by atoms with van der Waals surface area (Å²) in [4.78, 5) is 9.80. The second kappa shape index (κ2) is 2.67. The van der Waals surface area contributed by atoms with E-state index in [1.165, 1.54) is 6.07 Å². The Morgan fingerprint density at radius 1 is 1.69 bits per heavy atom. The molecule has 0 unspecified atom stereocenters. The molecule has 2 aromatic rings. The van der Waals surface area contributed by atoms with Crippen LogP contribution in [-0.2, 0) is 0 Å². The Balaban J connectivity index is 2.76. The molecule has 1 aromatic carbocycles. The highest BCUT2D eigenvalue weighted by Crippen LogP contribution is 2.26. The number of nitrogens with one attached hydrogen (secondary N) is 1. The Hall–Kier alpha value is -1.69. The number of halogens is 1. The van der Waals surface area contributed by atoms with Gasteiger partial charge in [-0.25, -0.2) is 0 Å². The van der Waals surface area contributed by atoms with E-state index in [-0.39, 0.29) is 10.7 Å². The molecular weight excluding hydrogens is 196 g/mol. The molecule has 0 atom stereocenters. The highest BCUT2D eigenvalue weighted by Gasteiger charge is 2.15. The largest absolute Gasteiger partial charge is 0.298 e. The van der Waals surface area contributed by atoms with E-state index in [0.717, 1.165) is 0 Å². The SMILES string of the molecule is O=[N+]([O-])c1[c]c2nn[nH]c2cc1Cl. The molecule has 0 aliphatic rings. The summed E-state index contributed by atoms with van der Waals surface area (Å²) in [5, 5.41) is 20.0. The molecule has 1 N–H and O–H groups in total. The highest BCUT2D eigenvalue weighted by molar-refractivity contribution is 6.33. The first-order valence-electron chi connectivity index (χ1n) is 3.25. The molecule has 0 fully saturated rings. The summed E-state index contributed by atoms with van der Waals surface area (Å²) in [5.74, 6) is 0. The van der Waals surface area contributed by atoms with Gasteiger partial charge in [-0.2, -0.15) is 0 Å². The van der Waals surface area contributed by atoms with Crippen molar-refractivity contribution in [2.45, 2.75) is 0 Å². The van der Waals surface area contributed by atoms with Crippen LogP contribution in [0, 0.1) is 16.2 Å². The fourth-order valence-corrected chi connectivity index (χ4v) is 1.15. The second-order valence-corrected chi connectivity index (χ2v) is 2.70. The minimum Gasteiger partial charge on any atom is -0.258 e. The average molecular weight is 198 g/mol. The van der Waals surface area contributed by atoms with Gasteiger partial charge in [-0.05, 0) is 6.07 Å². The lowest BCUT2D eigenvalue weighted by molar-refractivity contribution is -0.384. The van der Waals surface area contributed by atoms with Crippen molar-refractivity contribution in [2.24, 2.45) is 0 Å². The zero-order valence-corrected chi connectivity index (χ0v) is 6.87. The van der Waals surface area contributed by atoms with Crippen LogP contribution < -0.4 is 0 Å². The van der Waals surface area contributed by atoms with Gasteiger partial charge in [0.2, 0.25) is 0 Å². The minimum absolute atomic E-state index is 0.0172. The standard InChI is InChI=1S/C6H2ClN4O2/c7-3-1-4-5(9-10-8-4)2-6(3)11(12)13/h1H,(H,8,9,10). The number of H-pyrrole nitrogens is 1.